The molecule has 2 aromatic rings. The summed E-state index contributed by atoms with van der Waals surface area (Å²) in [4.78, 5) is 3.47. The third-order valence-corrected chi connectivity index (χ3v) is 3.05. The Balaban J connectivity index is 2.45. The van der Waals surface area contributed by atoms with Crippen LogP contribution in [0.15, 0.2) is 24.3 Å². The molecule has 1 heterocycles. The molecule has 0 aliphatic carbocycles. The molecule has 0 bridgehead atoms. The lowest BCUT2D eigenvalue weighted by Gasteiger charge is -2.16. The van der Waals surface area contributed by atoms with Gasteiger partial charge in [0.2, 0.25) is 5.69 Å². The minimum Gasteiger partial charge on any atom is -0.497 e. The SMILES string of the molecule is CCN(CC)c1nn(-c2cccc(OC)c2)nc1C#N. The summed E-state index contributed by atoms with van der Waals surface area (Å²) < 4.78 is 5.19. The van der Waals surface area contributed by atoms with Gasteiger partial charge in [0.15, 0.2) is 5.82 Å². The molecule has 0 unspecified atom stereocenters. The van der Waals surface area contributed by atoms with Gasteiger partial charge in [0, 0.05) is 19.2 Å². The van der Waals surface area contributed by atoms with E-state index in [0.29, 0.717) is 11.5 Å². The number of hydrogen-bond acceptors (Lipinski definition) is 5. The maximum Gasteiger partial charge on any atom is 0.207 e. The average molecular weight is 271 g/mol. The minimum absolute atomic E-state index is 0.330. The van der Waals surface area contributed by atoms with Gasteiger partial charge in [-0.3, -0.25) is 0 Å². The largest absolute Gasteiger partial charge is 0.497 e. The van der Waals surface area contributed by atoms with Crippen LogP contribution in [-0.4, -0.2) is 35.2 Å². The lowest BCUT2D eigenvalue weighted by atomic mass is 10.3. The van der Waals surface area contributed by atoms with E-state index < -0.39 is 0 Å². The summed E-state index contributed by atoms with van der Waals surface area (Å²) in [5.41, 5.74) is 1.09. The molecule has 0 aliphatic heterocycles. The minimum atomic E-state index is 0.330. The number of aromatic nitrogens is 3. The van der Waals surface area contributed by atoms with Crippen LogP contribution in [0, 0.1) is 11.3 Å². The van der Waals surface area contributed by atoms with Gasteiger partial charge in [-0.15, -0.1) is 15.0 Å². The second-order valence-corrected chi connectivity index (χ2v) is 4.15. The van der Waals surface area contributed by atoms with E-state index in [2.05, 4.69) is 16.3 Å². The summed E-state index contributed by atoms with van der Waals surface area (Å²) in [6.45, 7) is 5.61. The topological polar surface area (TPSA) is 67.0 Å². The average Bonchev–Trinajstić information content (AvgIpc) is 2.93. The molecular weight excluding hydrogens is 254 g/mol. The van der Waals surface area contributed by atoms with Crippen LogP contribution in [0.2, 0.25) is 0 Å². The van der Waals surface area contributed by atoms with E-state index in [9.17, 15) is 5.26 Å². The van der Waals surface area contributed by atoms with Crippen LogP contribution in [0.5, 0.6) is 5.75 Å². The third kappa shape index (κ3) is 2.57. The summed E-state index contributed by atoms with van der Waals surface area (Å²) in [6.07, 6.45) is 0. The van der Waals surface area contributed by atoms with E-state index in [1.807, 2.05) is 43.0 Å². The molecule has 0 aliphatic rings. The Hall–Kier alpha value is -2.55. The summed E-state index contributed by atoms with van der Waals surface area (Å²) in [5.74, 6) is 1.34. The van der Waals surface area contributed by atoms with E-state index in [-0.39, 0.29) is 0 Å². The van der Waals surface area contributed by atoms with Crippen LogP contribution in [0.4, 0.5) is 5.82 Å². The molecule has 0 spiro atoms. The predicted molar refractivity (Wildman–Crippen MR) is 76.2 cm³/mol. The van der Waals surface area contributed by atoms with Crippen molar-refractivity contribution >= 4 is 5.82 Å². The molecule has 0 saturated heterocycles. The fraction of sp³-hybridized carbons (Fsp3) is 0.357. The highest BCUT2D eigenvalue weighted by Gasteiger charge is 2.16. The molecule has 0 saturated carbocycles. The molecule has 0 N–H and O–H groups in total. The predicted octanol–water partition coefficient (Wildman–Crippen LogP) is 1.99. The van der Waals surface area contributed by atoms with Gasteiger partial charge in [-0.1, -0.05) is 6.07 Å². The van der Waals surface area contributed by atoms with Crippen LogP contribution in [-0.2, 0) is 0 Å². The van der Waals surface area contributed by atoms with Gasteiger partial charge in [0.25, 0.3) is 0 Å². The molecule has 0 amide bonds. The van der Waals surface area contributed by atoms with Gasteiger partial charge >= 0.3 is 0 Å². The normalized spacial score (nSPS) is 10.1. The first-order valence-corrected chi connectivity index (χ1v) is 6.50. The highest BCUT2D eigenvalue weighted by Crippen LogP contribution is 2.19. The maximum atomic E-state index is 9.20. The Kier molecular flexibility index (Phi) is 4.20. The molecule has 0 fully saturated rings. The first-order chi connectivity index (χ1) is 9.73. The molecule has 1 aromatic heterocycles. The molecule has 0 radical (unpaired) electrons. The molecule has 1 aromatic carbocycles. The highest BCUT2D eigenvalue weighted by atomic mass is 16.5. The fourth-order valence-electron chi connectivity index (χ4n) is 1.96. The van der Waals surface area contributed by atoms with Crippen molar-refractivity contribution in [3.05, 3.63) is 30.0 Å². The number of ether oxygens (including phenoxy) is 1. The number of benzene rings is 1. The quantitative estimate of drug-likeness (QED) is 0.832. The smallest absolute Gasteiger partial charge is 0.207 e. The number of nitrogens with zero attached hydrogens (tertiary/aromatic N) is 5. The Morgan fingerprint density at radius 3 is 2.65 bits per heavy atom. The van der Waals surface area contributed by atoms with Crippen molar-refractivity contribution in [2.45, 2.75) is 13.8 Å². The van der Waals surface area contributed by atoms with Crippen molar-refractivity contribution in [2.75, 3.05) is 25.1 Å². The van der Waals surface area contributed by atoms with Gasteiger partial charge < -0.3 is 9.64 Å². The summed E-state index contributed by atoms with van der Waals surface area (Å²) in [7, 11) is 1.61. The second-order valence-electron chi connectivity index (χ2n) is 4.15. The maximum absolute atomic E-state index is 9.20. The zero-order valence-electron chi connectivity index (χ0n) is 11.9. The highest BCUT2D eigenvalue weighted by molar-refractivity contribution is 5.50. The van der Waals surface area contributed by atoms with Crippen LogP contribution >= 0.6 is 0 Å². The summed E-state index contributed by atoms with van der Waals surface area (Å²) in [6, 6.07) is 9.51. The number of hydrogen-bond donors (Lipinski definition) is 0. The van der Waals surface area contributed by atoms with Crippen LogP contribution in [0.25, 0.3) is 5.69 Å². The van der Waals surface area contributed by atoms with Crippen LogP contribution < -0.4 is 9.64 Å². The van der Waals surface area contributed by atoms with Gasteiger partial charge in [-0.25, -0.2) is 0 Å². The fourth-order valence-corrected chi connectivity index (χ4v) is 1.96. The lowest BCUT2D eigenvalue weighted by molar-refractivity contribution is 0.414. The standard InChI is InChI=1S/C14H17N5O/c1-4-18(5-2)14-13(10-15)16-19(17-14)11-7-6-8-12(9-11)20-3/h6-9H,4-5H2,1-3H3. The van der Waals surface area contributed by atoms with Gasteiger partial charge in [-0.2, -0.15) is 5.26 Å². The zero-order chi connectivity index (χ0) is 14.5. The van der Waals surface area contributed by atoms with Gasteiger partial charge in [0.1, 0.15) is 11.8 Å². The van der Waals surface area contributed by atoms with Crippen LogP contribution in [0.1, 0.15) is 19.5 Å². The number of methoxy groups -OCH3 is 1. The van der Waals surface area contributed by atoms with Gasteiger partial charge in [0.05, 0.1) is 12.8 Å². The molecule has 20 heavy (non-hydrogen) atoms. The molecule has 2 rings (SSSR count). The Morgan fingerprint density at radius 2 is 2.05 bits per heavy atom. The van der Waals surface area contributed by atoms with Crippen molar-refractivity contribution < 1.29 is 4.74 Å². The van der Waals surface area contributed by atoms with E-state index in [0.717, 1.165) is 24.5 Å². The molecule has 104 valence electrons. The second kappa shape index (κ2) is 6.06. The molecular formula is C14H17N5O. The first kappa shape index (κ1) is 13.9. The van der Waals surface area contributed by atoms with E-state index in [4.69, 9.17) is 4.74 Å². The Bertz CT molecular complexity index is 625. The van der Waals surface area contributed by atoms with E-state index in [1.165, 1.54) is 4.80 Å². The van der Waals surface area contributed by atoms with E-state index in [1.54, 1.807) is 7.11 Å². The van der Waals surface area contributed by atoms with Crippen molar-refractivity contribution in [1.29, 1.82) is 5.26 Å². The summed E-state index contributed by atoms with van der Waals surface area (Å²) >= 11 is 0. The molecule has 6 heteroatoms. The van der Waals surface area contributed by atoms with E-state index >= 15 is 0 Å². The number of anilines is 1. The molecule has 6 nitrogen and oxygen atoms in total. The van der Waals surface area contributed by atoms with Crippen LogP contribution in [0.3, 0.4) is 0 Å². The Labute approximate surface area is 118 Å². The number of nitriles is 1. The zero-order valence-corrected chi connectivity index (χ0v) is 11.9. The van der Waals surface area contributed by atoms with Gasteiger partial charge in [-0.05, 0) is 26.0 Å². The summed E-state index contributed by atoms with van der Waals surface area (Å²) in [5, 5.41) is 17.9. The lowest BCUT2D eigenvalue weighted by Crippen LogP contribution is -2.23. The van der Waals surface area contributed by atoms with Crippen molar-refractivity contribution in [3.63, 3.8) is 0 Å². The first-order valence-electron chi connectivity index (χ1n) is 6.50. The third-order valence-electron chi connectivity index (χ3n) is 3.05. The van der Waals surface area contributed by atoms with Crippen molar-refractivity contribution in [1.82, 2.24) is 15.0 Å². The number of rotatable bonds is 5. The Morgan fingerprint density at radius 1 is 1.30 bits per heavy atom. The monoisotopic (exact) mass is 271 g/mol. The van der Waals surface area contributed by atoms with Crippen molar-refractivity contribution in [3.8, 4) is 17.5 Å². The van der Waals surface area contributed by atoms with Crippen molar-refractivity contribution in [2.24, 2.45) is 0 Å². The molecule has 0 atom stereocenters.